The van der Waals surface area contributed by atoms with Crippen molar-refractivity contribution in [3.63, 3.8) is 0 Å². The van der Waals surface area contributed by atoms with Crippen molar-refractivity contribution >= 4 is 11.0 Å². The van der Waals surface area contributed by atoms with Crippen LogP contribution in [-0.4, -0.2) is 41.0 Å². The smallest absolute Gasteiger partial charge is 0.219 e. The van der Waals surface area contributed by atoms with E-state index in [0.717, 1.165) is 24.6 Å². The minimum atomic E-state index is -0.471. The fourth-order valence-electron chi connectivity index (χ4n) is 3.78. The minimum Gasteiger partial charge on any atom is -0.493 e. The third-order valence-electron chi connectivity index (χ3n) is 5.02. The zero-order valence-electron chi connectivity index (χ0n) is 13.5. The molecule has 1 saturated carbocycles. The lowest BCUT2D eigenvalue weighted by atomic mass is 9.94. The minimum absolute atomic E-state index is 0.0412. The van der Waals surface area contributed by atoms with Crippen molar-refractivity contribution in [1.29, 1.82) is 5.26 Å². The Bertz CT molecular complexity index is 940. The lowest BCUT2D eigenvalue weighted by molar-refractivity contribution is 0.0948. The van der Waals surface area contributed by atoms with Gasteiger partial charge in [0.05, 0.1) is 42.1 Å². The van der Waals surface area contributed by atoms with E-state index in [1.165, 1.54) is 11.0 Å². The van der Waals surface area contributed by atoms with Crippen LogP contribution in [0.15, 0.2) is 24.8 Å². The molecule has 0 saturated heterocycles. The van der Waals surface area contributed by atoms with E-state index in [4.69, 9.17) is 0 Å². The molecule has 0 radical (unpaired) electrons. The Kier molecular flexibility index (Phi) is 3.86. The number of nitrogens with zero attached hydrogens (tertiary/aromatic N) is 5. The number of hydrogen-bond acceptors (Lipinski definition) is 6. The van der Waals surface area contributed by atoms with Gasteiger partial charge in [0, 0.05) is 17.5 Å². The van der Waals surface area contributed by atoms with E-state index >= 15 is 0 Å². The summed E-state index contributed by atoms with van der Waals surface area (Å²) in [6, 6.07) is 3.63. The maximum atomic E-state index is 10.8. The Balaban J connectivity index is 1.77. The zero-order valence-corrected chi connectivity index (χ0v) is 13.5. The van der Waals surface area contributed by atoms with Crippen LogP contribution in [0, 0.1) is 17.2 Å². The van der Waals surface area contributed by atoms with Gasteiger partial charge in [-0.2, -0.15) is 10.4 Å². The van der Waals surface area contributed by atoms with Crippen molar-refractivity contribution in [3.05, 3.63) is 24.8 Å². The van der Waals surface area contributed by atoms with Crippen molar-refractivity contribution in [2.75, 3.05) is 0 Å². The van der Waals surface area contributed by atoms with Gasteiger partial charge in [0.25, 0.3) is 0 Å². The third kappa shape index (κ3) is 2.53. The molecule has 3 unspecified atom stereocenters. The first-order chi connectivity index (χ1) is 12.2. The number of nitriles is 1. The van der Waals surface area contributed by atoms with Crippen molar-refractivity contribution in [1.82, 2.24) is 24.7 Å². The largest absolute Gasteiger partial charge is 0.493 e. The van der Waals surface area contributed by atoms with Gasteiger partial charge in [-0.3, -0.25) is 0 Å². The molecule has 8 heteroatoms. The number of H-pyrrole nitrogens is 1. The second kappa shape index (κ2) is 6.18. The number of aromatic amines is 1. The predicted octanol–water partition coefficient (Wildman–Crippen LogP) is 2.14. The van der Waals surface area contributed by atoms with Crippen molar-refractivity contribution in [2.24, 2.45) is 5.92 Å². The van der Waals surface area contributed by atoms with E-state index in [-0.39, 0.29) is 24.3 Å². The summed E-state index contributed by atoms with van der Waals surface area (Å²) in [7, 11) is 0. The van der Waals surface area contributed by atoms with Crippen LogP contribution in [0.4, 0.5) is 0 Å². The maximum Gasteiger partial charge on any atom is 0.219 e. The molecule has 0 spiro atoms. The summed E-state index contributed by atoms with van der Waals surface area (Å²) < 4.78 is 1.46. The molecular weight excluding hydrogens is 320 g/mol. The number of aromatic hydroxyl groups is 1. The molecule has 25 heavy (non-hydrogen) atoms. The highest BCUT2D eigenvalue weighted by Gasteiger charge is 2.35. The van der Waals surface area contributed by atoms with Gasteiger partial charge in [-0.15, -0.1) is 0 Å². The molecule has 3 heterocycles. The molecule has 1 fully saturated rings. The maximum absolute atomic E-state index is 10.8. The van der Waals surface area contributed by atoms with Crippen LogP contribution < -0.4 is 0 Å². The first-order valence-corrected chi connectivity index (χ1v) is 8.30. The Morgan fingerprint density at radius 3 is 3.04 bits per heavy atom. The van der Waals surface area contributed by atoms with E-state index < -0.39 is 6.10 Å². The van der Waals surface area contributed by atoms with Crippen LogP contribution in [-0.2, 0) is 0 Å². The SMILES string of the molecule is N#CCC(C1CCCC1O)n1ncc(-c2ncnc3[nH]ccc23)c1O. The number of rotatable bonds is 4. The molecule has 3 atom stereocenters. The summed E-state index contributed by atoms with van der Waals surface area (Å²) in [6.07, 6.45) is 6.90. The van der Waals surface area contributed by atoms with Crippen molar-refractivity contribution < 1.29 is 10.2 Å². The molecular formula is C17H18N6O2. The lowest BCUT2D eigenvalue weighted by Crippen LogP contribution is -2.26. The van der Waals surface area contributed by atoms with Crippen LogP contribution in [0.25, 0.3) is 22.3 Å². The zero-order chi connectivity index (χ0) is 17.4. The highest BCUT2D eigenvalue weighted by molar-refractivity contribution is 5.91. The van der Waals surface area contributed by atoms with Gasteiger partial charge in [0.2, 0.25) is 5.88 Å². The summed E-state index contributed by atoms with van der Waals surface area (Å²) >= 11 is 0. The highest BCUT2D eigenvalue weighted by Crippen LogP contribution is 2.40. The van der Waals surface area contributed by atoms with Gasteiger partial charge in [-0.05, 0) is 18.9 Å². The molecule has 0 amide bonds. The number of nitrogens with one attached hydrogen (secondary N) is 1. The van der Waals surface area contributed by atoms with E-state index in [9.17, 15) is 15.5 Å². The molecule has 3 aromatic rings. The van der Waals surface area contributed by atoms with Gasteiger partial charge in [-0.1, -0.05) is 6.42 Å². The van der Waals surface area contributed by atoms with E-state index in [1.54, 1.807) is 12.4 Å². The van der Waals surface area contributed by atoms with Gasteiger partial charge in [-0.25, -0.2) is 14.6 Å². The standard InChI is InChI=1S/C17H18N6O2/c18-6-4-13(10-2-1-3-14(10)24)23-17(25)12(8-22-23)15-11-5-7-19-16(11)21-9-20-15/h5,7-10,13-14,24-25H,1-4H2,(H,19,20,21). The van der Waals surface area contributed by atoms with Gasteiger partial charge in [0.15, 0.2) is 0 Å². The fourth-order valence-corrected chi connectivity index (χ4v) is 3.78. The number of aliphatic hydroxyl groups is 1. The topological polar surface area (TPSA) is 124 Å². The molecule has 4 rings (SSSR count). The number of aromatic nitrogens is 5. The first-order valence-electron chi connectivity index (χ1n) is 8.30. The molecule has 3 N–H and O–H groups in total. The Morgan fingerprint density at radius 2 is 2.28 bits per heavy atom. The van der Waals surface area contributed by atoms with Gasteiger partial charge in [0.1, 0.15) is 12.0 Å². The van der Waals surface area contributed by atoms with Crippen LogP contribution in [0.2, 0.25) is 0 Å². The third-order valence-corrected chi connectivity index (χ3v) is 5.02. The highest BCUT2D eigenvalue weighted by atomic mass is 16.3. The second-order valence-corrected chi connectivity index (χ2v) is 6.38. The molecule has 128 valence electrons. The monoisotopic (exact) mass is 338 g/mol. The normalized spacial score (nSPS) is 21.4. The van der Waals surface area contributed by atoms with E-state index in [1.807, 2.05) is 6.07 Å². The molecule has 3 aromatic heterocycles. The van der Waals surface area contributed by atoms with Crippen molar-refractivity contribution in [3.8, 4) is 23.2 Å². The van der Waals surface area contributed by atoms with Crippen LogP contribution in [0.3, 0.4) is 0 Å². The number of fused-ring (bicyclic) bond motifs is 1. The Labute approximate surface area is 143 Å². The fraction of sp³-hybridized carbons (Fsp3) is 0.412. The quantitative estimate of drug-likeness (QED) is 0.669. The lowest BCUT2D eigenvalue weighted by Gasteiger charge is -2.25. The molecule has 1 aliphatic carbocycles. The summed E-state index contributed by atoms with van der Waals surface area (Å²) in [5.74, 6) is -0.128. The van der Waals surface area contributed by atoms with Crippen molar-refractivity contribution in [2.45, 2.75) is 37.8 Å². The summed E-state index contributed by atoms with van der Waals surface area (Å²) in [5.41, 5.74) is 1.75. The van der Waals surface area contributed by atoms with E-state index in [2.05, 4.69) is 26.1 Å². The molecule has 1 aliphatic rings. The molecule has 8 nitrogen and oxygen atoms in total. The molecule has 0 aliphatic heterocycles. The Morgan fingerprint density at radius 1 is 1.40 bits per heavy atom. The summed E-state index contributed by atoms with van der Waals surface area (Å²) in [5, 5.41) is 35.3. The van der Waals surface area contributed by atoms with Crippen LogP contribution in [0.1, 0.15) is 31.7 Å². The van der Waals surface area contributed by atoms with Crippen LogP contribution in [0.5, 0.6) is 5.88 Å². The molecule has 0 aromatic carbocycles. The summed E-state index contributed by atoms with van der Waals surface area (Å²) in [4.78, 5) is 11.4. The first kappa shape index (κ1) is 15.6. The average molecular weight is 338 g/mol. The summed E-state index contributed by atoms with van der Waals surface area (Å²) in [6.45, 7) is 0. The Hall–Kier alpha value is -2.92. The van der Waals surface area contributed by atoms with Gasteiger partial charge < -0.3 is 15.2 Å². The second-order valence-electron chi connectivity index (χ2n) is 6.38. The van der Waals surface area contributed by atoms with E-state index in [0.29, 0.717) is 16.9 Å². The van der Waals surface area contributed by atoms with Gasteiger partial charge >= 0.3 is 0 Å². The molecule has 0 bridgehead atoms. The number of aliphatic hydroxyl groups excluding tert-OH is 1. The predicted molar refractivity (Wildman–Crippen MR) is 89.4 cm³/mol. The average Bonchev–Trinajstić information content (AvgIpc) is 3.32. The van der Waals surface area contributed by atoms with Crippen LogP contribution >= 0.6 is 0 Å². The number of hydrogen-bond donors (Lipinski definition) is 3.